The molecule has 1 saturated heterocycles. The van der Waals surface area contributed by atoms with Gasteiger partial charge in [0.1, 0.15) is 0 Å². The van der Waals surface area contributed by atoms with Crippen LogP contribution < -0.4 is 10.6 Å². The summed E-state index contributed by atoms with van der Waals surface area (Å²) in [6.07, 6.45) is 0. The molecule has 20 heavy (non-hydrogen) atoms. The van der Waals surface area contributed by atoms with Crippen LogP contribution in [0.5, 0.6) is 0 Å². The summed E-state index contributed by atoms with van der Waals surface area (Å²) in [6.45, 7) is 7.70. The number of nitrogens with zero attached hydrogens (tertiary/aromatic N) is 1. The van der Waals surface area contributed by atoms with Gasteiger partial charge in [-0.25, -0.2) is 0 Å². The predicted octanol–water partition coefficient (Wildman–Crippen LogP) is 1.54. The Balaban J connectivity index is 1.65. The summed E-state index contributed by atoms with van der Waals surface area (Å²) < 4.78 is 5.33. The molecule has 1 aliphatic rings. The fourth-order valence-electron chi connectivity index (χ4n) is 2.23. The summed E-state index contributed by atoms with van der Waals surface area (Å²) in [6, 6.07) is 10.5. The average Bonchev–Trinajstić information content (AvgIpc) is 2.49. The third-order valence-corrected chi connectivity index (χ3v) is 3.73. The molecule has 110 valence electrons. The van der Waals surface area contributed by atoms with Crippen molar-refractivity contribution in [2.75, 3.05) is 39.4 Å². The highest BCUT2D eigenvalue weighted by molar-refractivity contribution is 7.80. The number of thiocarbonyl (C=S) groups is 1. The number of benzene rings is 1. The van der Waals surface area contributed by atoms with Crippen LogP contribution in [-0.2, 0) is 4.74 Å². The zero-order chi connectivity index (χ0) is 14.2. The summed E-state index contributed by atoms with van der Waals surface area (Å²) in [5, 5.41) is 7.30. The lowest BCUT2D eigenvalue weighted by Crippen LogP contribution is -2.44. The summed E-state index contributed by atoms with van der Waals surface area (Å²) >= 11 is 5.33. The fraction of sp³-hybridized carbons (Fsp3) is 0.533. The van der Waals surface area contributed by atoms with Crippen LogP contribution in [0.25, 0.3) is 0 Å². The molecule has 1 aromatic rings. The molecule has 1 aromatic carbocycles. The van der Waals surface area contributed by atoms with Crippen LogP contribution in [0, 0.1) is 0 Å². The number of rotatable bonds is 5. The summed E-state index contributed by atoms with van der Waals surface area (Å²) in [5.74, 6) is 0. The van der Waals surface area contributed by atoms with Crippen molar-refractivity contribution >= 4 is 17.3 Å². The Kier molecular flexibility index (Phi) is 6.24. The third-order valence-electron chi connectivity index (χ3n) is 3.46. The average molecular weight is 293 g/mol. The van der Waals surface area contributed by atoms with E-state index in [9.17, 15) is 0 Å². The quantitative estimate of drug-likeness (QED) is 0.806. The van der Waals surface area contributed by atoms with E-state index in [0.29, 0.717) is 0 Å². The number of hydrogen-bond acceptors (Lipinski definition) is 3. The van der Waals surface area contributed by atoms with Crippen molar-refractivity contribution in [3.63, 3.8) is 0 Å². The molecular formula is C15H23N3OS. The van der Waals surface area contributed by atoms with Gasteiger partial charge in [0.25, 0.3) is 0 Å². The van der Waals surface area contributed by atoms with E-state index in [0.717, 1.165) is 44.5 Å². The fourth-order valence-corrected chi connectivity index (χ4v) is 2.50. The van der Waals surface area contributed by atoms with E-state index in [1.807, 2.05) is 18.2 Å². The van der Waals surface area contributed by atoms with Crippen molar-refractivity contribution in [3.05, 3.63) is 35.9 Å². The van der Waals surface area contributed by atoms with Gasteiger partial charge in [-0.3, -0.25) is 4.90 Å². The van der Waals surface area contributed by atoms with Crippen molar-refractivity contribution < 1.29 is 4.74 Å². The van der Waals surface area contributed by atoms with E-state index >= 15 is 0 Å². The SMILES string of the molecule is CC(NC(=S)NCCN1CCOCC1)c1ccccc1. The standard InChI is InChI=1S/C15H23N3OS/c1-13(14-5-3-2-4-6-14)17-15(20)16-7-8-18-9-11-19-12-10-18/h2-6,13H,7-12H2,1H3,(H2,16,17,20). The molecule has 0 aromatic heterocycles. The van der Waals surface area contributed by atoms with E-state index in [4.69, 9.17) is 17.0 Å². The Morgan fingerprint density at radius 2 is 2.00 bits per heavy atom. The molecule has 0 saturated carbocycles. The zero-order valence-electron chi connectivity index (χ0n) is 12.0. The first-order chi connectivity index (χ1) is 9.75. The van der Waals surface area contributed by atoms with Gasteiger partial charge < -0.3 is 15.4 Å². The monoisotopic (exact) mass is 293 g/mol. The maximum absolute atomic E-state index is 5.33. The molecule has 0 spiro atoms. The molecule has 0 radical (unpaired) electrons. The highest BCUT2D eigenvalue weighted by Gasteiger charge is 2.10. The van der Waals surface area contributed by atoms with E-state index in [1.54, 1.807) is 0 Å². The molecule has 1 unspecified atom stereocenters. The molecule has 0 aliphatic carbocycles. The number of hydrogen-bond donors (Lipinski definition) is 2. The third kappa shape index (κ3) is 5.07. The van der Waals surface area contributed by atoms with Crippen molar-refractivity contribution in [2.45, 2.75) is 13.0 Å². The minimum absolute atomic E-state index is 0.222. The smallest absolute Gasteiger partial charge is 0.166 e. The molecule has 5 heteroatoms. The highest BCUT2D eigenvalue weighted by Crippen LogP contribution is 2.10. The van der Waals surface area contributed by atoms with Crippen LogP contribution in [0.2, 0.25) is 0 Å². The Morgan fingerprint density at radius 1 is 1.30 bits per heavy atom. The largest absolute Gasteiger partial charge is 0.379 e. The van der Waals surface area contributed by atoms with Gasteiger partial charge >= 0.3 is 0 Å². The molecule has 0 bridgehead atoms. The van der Waals surface area contributed by atoms with E-state index in [-0.39, 0.29) is 6.04 Å². The van der Waals surface area contributed by atoms with Crippen LogP contribution in [0.3, 0.4) is 0 Å². The second kappa shape index (κ2) is 8.19. The van der Waals surface area contributed by atoms with Gasteiger partial charge in [-0.2, -0.15) is 0 Å². The van der Waals surface area contributed by atoms with Gasteiger partial charge in [-0.15, -0.1) is 0 Å². The molecule has 1 heterocycles. The van der Waals surface area contributed by atoms with Crippen molar-refractivity contribution in [1.82, 2.24) is 15.5 Å². The van der Waals surface area contributed by atoms with Gasteiger partial charge in [-0.05, 0) is 24.7 Å². The van der Waals surface area contributed by atoms with Crippen LogP contribution in [0.1, 0.15) is 18.5 Å². The maximum Gasteiger partial charge on any atom is 0.166 e. The summed E-state index contributed by atoms with van der Waals surface area (Å²) in [4.78, 5) is 2.39. The van der Waals surface area contributed by atoms with Gasteiger partial charge in [-0.1, -0.05) is 30.3 Å². The second-order valence-corrected chi connectivity index (χ2v) is 5.39. The van der Waals surface area contributed by atoms with Gasteiger partial charge in [0.2, 0.25) is 0 Å². The number of nitrogens with one attached hydrogen (secondary N) is 2. The minimum Gasteiger partial charge on any atom is -0.379 e. The summed E-state index contributed by atoms with van der Waals surface area (Å²) in [7, 11) is 0. The molecule has 0 amide bonds. The molecule has 2 rings (SSSR count). The predicted molar refractivity (Wildman–Crippen MR) is 85.9 cm³/mol. The number of ether oxygens (including phenoxy) is 1. The van der Waals surface area contributed by atoms with Crippen LogP contribution in [0.4, 0.5) is 0 Å². The Labute approximate surface area is 126 Å². The van der Waals surface area contributed by atoms with E-state index in [2.05, 4.69) is 34.6 Å². The molecular weight excluding hydrogens is 270 g/mol. The topological polar surface area (TPSA) is 36.5 Å². The lowest BCUT2D eigenvalue weighted by Gasteiger charge is -2.27. The van der Waals surface area contributed by atoms with E-state index in [1.165, 1.54) is 5.56 Å². The van der Waals surface area contributed by atoms with Gasteiger partial charge in [0, 0.05) is 26.2 Å². The van der Waals surface area contributed by atoms with Crippen molar-refractivity contribution in [1.29, 1.82) is 0 Å². The molecule has 2 N–H and O–H groups in total. The van der Waals surface area contributed by atoms with Crippen LogP contribution in [0.15, 0.2) is 30.3 Å². The highest BCUT2D eigenvalue weighted by atomic mass is 32.1. The van der Waals surface area contributed by atoms with E-state index < -0.39 is 0 Å². The number of morpholine rings is 1. The first-order valence-corrected chi connectivity index (χ1v) is 7.56. The first kappa shape index (κ1) is 15.2. The molecule has 1 aliphatic heterocycles. The second-order valence-electron chi connectivity index (χ2n) is 4.99. The minimum atomic E-state index is 0.222. The lowest BCUT2D eigenvalue weighted by atomic mass is 10.1. The summed E-state index contributed by atoms with van der Waals surface area (Å²) in [5.41, 5.74) is 1.24. The van der Waals surface area contributed by atoms with Gasteiger partial charge in [0.05, 0.1) is 19.3 Å². The molecule has 1 fully saturated rings. The first-order valence-electron chi connectivity index (χ1n) is 7.15. The normalized spacial score (nSPS) is 17.4. The van der Waals surface area contributed by atoms with Crippen LogP contribution >= 0.6 is 12.2 Å². The van der Waals surface area contributed by atoms with Crippen molar-refractivity contribution in [3.8, 4) is 0 Å². The Bertz CT molecular complexity index is 407. The molecule has 4 nitrogen and oxygen atoms in total. The van der Waals surface area contributed by atoms with Gasteiger partial charge in [0.15, 0.2) is 5.11 Å². The van der Waals surface area contributed by atoms with Crippen LogP contribution in [-0.4, -0.2) is 49.4 Å². The zero-order valence-corrected chi connectivity index (χ0v) is 12.8. The Hall–Kier alpha value is -1.17. The van der Waals surface area contributed by atoms with Crippen molar-refractivity contribution in [2.24, 2.45) is 0 Å². The Morgan fingerprint density at radius 3 is 2.70 bits per heavy atom. The maximum atomic E-state index is 5.33. The lowest BCUT2D eigenvalue weighted by molar-refractivity contribution is 0.0389. The molecule has 1 atom stereocenters.